The number of hydrogen-bond donors (Lipinski definition) is 2. The summed E-state index contributed by atoms with van der Waals surface area (Å²) >= 11 is 0. The lowest BCUT2D eigenvalue weighted by atomic mass is 10.1. The molecule has 1 aromatic rings. The van der Waals surface area contributed by atoms with Crippen LogP contribution in [0.3, 0.4) is 0 Å². The zero-order chi connectivity index (χ0) is 15.2. The normalized spacial score (nSPS) is 19.2. The largest absolute Gasteiger partial charge is 0.374 e. The minimum atomic E-state index is -0.0803. The number of nitrogens with zero attached hydrogens (tertiary/aromatic N) is 1. The molecule has 0 bridgehead atoms. The van der Waals surface area contributed by atoms with Gasteiger partial charge in [-0.2, -0.15) is 0 Å². The van der Waals surface area contributed by atoms with Gasteiger partial charge in [-0.25, -0.2) is 0 Å². The molecule has 6 heteroatoms. The fourth-order valence-electron chi connectivity index (χ4n) is 2.26. The number of hydrogen-bond acceptors (Lipinski definition) is 5. The average Bonchev–Trinajstić information content (AvgIpc) is 2.47. The minimum Gasteiger partial charge on any atom is -0.374 e. The highest BCUT2D eigenvalue weighted by atomic mass is 16.5. The van der Waals surface area contributed by atoms with E-state index in [9.17, 15) is 9.59 Å². The summed E-state index contributed by atoms with van der Waals surface area (Å²) in [6, 6.07) is 6.88. The Labute approximate surface area is 124 Å². The van der Waals surface area contributed by atoms with Gasteiger partial charge in [-0.15, -0.1) is 0 Å². The Morgan fingerprint density at radius 2 is 2.10 bits per heavy atom. The van der Waals surface area contributed by atoms with Crippen molar-refractivity contribution >= 4 is 17.4 Å². The molecular formula is C15H21N3O3. The van der Waals surface area contributed by atoms with Crippen LogP contribution in [-0.2, 0) is 9.53 Å². The molecule has 1 unspecified atom stereocenters. The van der Waals surface area contributed by atoms with Crippen LogP contribution in [0.15, 0.2) is 24.3 Å². The number of carbonyl (C=O) groups is 2. The predicted octanol–water partition coefficient (Wildman–Crippen LogP) is 0.487. The third kappa shape index (κ3) is 4.63. The molecule has 1 aliphatic heterocycles. The molecule has 0 spiro atoms. The number of nitrogens with one attached hydrogen (secondary N) is 1. The number of carbonyl (C=O) groups excluding carboxylic acids is 2. The van der Waals surface area contributed by atoms with Crippen molar-refractivity contribution in [3.63, 3.8) is 0 Å². The second-order valence-corrected chi connectivity index (χ2v) is 5.15. The van der Waals surface area contributed by atoms with Crippen molar-refractivity contribution in [2.45, 2.75) is 13.0 Å². The summed E-state index contributed by atoms with van der Waals surface area (Å²) in [5.74, 6) is -0.0720. The standard InChI is InChI=1S/C15H21N3O3/c1-11(19)12-2-4-13(5-3-12)17-15(20)10-18-6-7-21-14(8-16)9-18/h2-5,14H,6-10,16H2,1H3,(H,17,20). The number of morpholine rings is 1. The molecule has 1 heterocycles. The molecule has 1 atom stereocenters. The molecule has 2 rings (SSSR count). The van der Waals surface area contributed by atoms with Crippen LogP contribution in [0.1, 0.15) is 17.3 Å². The number of ether oxygens (including phenoxy) is 1. The molecule has 0 saturated carbocycles. The van der Waals surface area contributed by atoms with Gasteiger partial charge in [0.15, 0.2) is 5.78 Å². The summed E-state index contributed by atoms with van der Waals surface area (Å²) < 4.78 is 5.46. The molecule has 1 saturated heterocycles. The first-order chi connectivity index (χ1) is 10.1. The second-order valence-electron chi connectivity index (χ2n) is 5.15. The number of benzene rings is 1. The molecule has 21 heavy (non-hydrogen) atoms. The van der Waals surface area contributed by atoms with E-state index >= 15 is 0 Å². The Kier molecular flexibility index (Phi) is 5.44. The number of anilines is 1. The lowest BCUT2D eigenvalue weighted by molar-refractivity contribution is -0.119. The number of rotatable bonds is 5. The molecule has 1 fully saturated rings. The third-order valence-corrected chi connectivity index (χ3v) is 3.43. The summed E-state index contributed by atoms with van der Waals surface area (Å²) in [6.45, 7) is 4.29. The monoisotopic (exact) mass is 291 g/mol. The topological polar surface area (TPSA) is 84.7 Å². The second kappa shape index (κ2) is 7.31. The van der Waals surface area contributed by atoms with E-state index in [2.05, 4.69) is 5.32 Å². The van der Waals surface area contributed by atoms with Gasteiger partial charge in [0.1, 0.15) is 0 Å². The van der Waals surface area contributed by atoms with Gasteiger partial charge in [0.25, 0.3) is 0 Å². The van der Waals surface area contributed by atoms with E-state index in [4.69, 9.17) is 10.5 Å². The summed E-state index contributed by atoms with van der Waals surface area (Å²) in [7, 11) is 0. The van der Waals surface area contributed by atoms with Gasteiger partial charge in [0.05, 0.1) is 19.3 Å². The SMILES string of the molecule is CC(=O)c1ccc(NC(=O)CN2CCOC(CN)C2)cc1. The Balaban J connectivity index is 1.85. The number of ketones is 1. The highest BCUT2D eigenvalue weighted by molar-refractivity contribution is 5.96. The number of Topliss-reactive ketones (excluding diaryl/α,β-unsaturated/α-hetero) is 1. The van der Waals surface area contributed by atoms with Gasteiger partial charge in [-0.05, 0) is 31.2 Å². The Morgan fingerprint density at radius 1 is 1.38 bits per heavy atom. The van der Waals surface area contributed by atoms with Crippen molar-refractivity contribution in [2.24, 2.45) is 5.73 Å². The van der Waals surface area contributed by atoms with Crippen LogP contribution in [-0.4, -0.2) is 55.5 Å². The minimum absolute atomic E-state index is 0.00130. The first kappa shape index (κ1) is 15.6. The van der Waals surface area contributed by atoms with E-state index in [1.807, 2.05) is 4.90 Å². The van der Waals surface area contributed by atoms with Crippen molar-refractivity contribution in [1.29, 1.82) is 0 Å². The first-order valence-electron chi connectivity index (χ1n) is 7.03. The number of nitrogens with two attached hydrogens (primary N) is 1. The van der Waals surface area contributed by atoms with Gasteiger partial charge >= 0.3 is 0 Å². The van der Waals surface area contributed by atoms with Crippen molar-refractivity contribution in [2.75, 3.05) is 38.1 Å². The molecule has 114 valence electrons. The van der Waals surface area contributed by atoms with Crippen molar-refractivity contribution in [3.8, 4) is 0 Å². The molecule has 6 nitrogen and oxygen atoms in total. The Morgan fingerprint density at radius 3 is 2.71 bits per heavy atom. The van der Waals surface area contributed by atoms with E-state index in [1.54, 1.807) is 24.3 Å². The van der Waals surface area contributed by atoms with Crippen molar-refractivity contribution in [1.82, 2.24) is 4.90 Å². The summed E-state index contributed by atoms with van der Waals surface area (Å²) in [5.41, 5.74) is 6.90. The van der Waals surface area contributed by atoms with Gasteiger partial charge in [0.2, 0.25) is 5.91 Å². The van der Waals surface area contributed by atoms with Crippen LogP contribution in [0.5, 0.6) is 0 Å². The highest BCUT2D eigenvalue weighted by Crippen LogP contribution is 2.10. The van der Waals surface area contributed by atoms with Crippen LogP contribution in [0.4, 0.5) is 5.69 Å². The fourth-order valence-corrected chi connectivity index (χ4v) is 2.26. The molecule has 1 amide bonds. The van der Waals surface area contributed by atoms with Crippen molar-refractivity contribution < 1.29 is 14.3 Å². The van der Waals surface area contributed by atoms with Gasteiger partial charge in [-0.3, -0.25) is 14.5 Å². The Hall–Kier alpha value is -1.76. The third-order valence-electron chi connectivity index (χ3n) is 3.43. The summed E-state index contributed by atoms with van der Waals surface area (Å²) in [6.07, 6.45) is 0.00130. The first-order valence-corrected chi connectivity index (χ1v) is 7.03. The molecular weight excluding hydrogens is 270 g/mol. The maximum Gasteiger partial charge on any atom is 0.238 e. The smallest absolute Gasteiger partial charge is 0.238 e. The lowest BCUT2D eigenvalue weighted by Gasteiger charge is -2.31. The van der Waals surface area contributed by atoms with Gasteiger partial charge in [-0.1, -0.05) is 0 Å². The molecule has 0 aliphatic carbocycles. The van der Waals surface area contributed by atoms with Crippen LogP contribution in [0.2, 0.25) is 0 Å². The molecule has 3 N–H and O–H groups in total. The van der Waals surface area contributed by atoms with Gasteiger partial charge in [0, 0.05) is 30.9 Å². The van der Waals surface area contributed by atoms with Crippen LogP contribution < -0.4 is 11.1 Å². The number of amides is 1. The fraction of sp³-hybridized carbons (Fsp3) is 0.467. The van der Waals surface area contributed by atoms with E-state index in [-0.39, 0.29) is 17.8 Å². The molecule has 1 aliphatic rings. The van der Waals surface area contributed by atoms with Crippen LogP contribution >= 0.6 is 0 Å². The average molecular weight is 291 g/mol. The zero-order valence-electron chi connectivity index (χ0n) is 12.2. The van der Waals surface area contributed by atoms with Crippen LogP contribution in [0.25, 0.3) is 0 Å². The van der Waals surface area contributed by atoms with E-state index < -0.39 is 0 Å². The zero-order valence-corrected chi connectivity index (χ0v) is 12.2. The van der Waals surface area contributed by atoms with Gasteiger partial charge < -0.3 is 15.8 Å². The summed E-state index contributed by atoms with van der Waals surface area (Å²) in [4.78, 5) is 25.2. The Bertz CT molecular complexity index is 501. The quantitative estimate of drug-likeness (QED) is 0.771. The summed E-state index contributed by atoms with van der Waals surface area (Å²) in [5, 5.41) is 2.82. The van der Waals surface area contributed by atoms with Crippen molar-refractivity contribution in [3.05, 3.63) is 29.8 Å². The van der Waals surface area contributed by atoms with E-state index in [1.165, 1.54) is 6.92 Å². The lowest BCUT2D eigenvalue weighted by Crippen LogP contribution is -2.48. The van der Waals surface area contributed by atoms with Crippen LogP contribution in [0, 0.1) is 0 Å². The van der Waals surface area contributed by atoms with E-state index in [0.29, 0.717) is 37.5 Å². The maximum atomic E-state index is 12.0. The van der Waals surface area contributed by atoms with E-state index in [0.717, 1.165) is 6.54 Å². The molecule has 1 aromatic carbocycles. The molecule has 0 radical (unpaired) electrons. The predicted molar refractivity (Wildman–Crippen MR) is 80.3 cm³/mol. The maximum absolute atomic E-state index is 12.0. The highest BCUT2D eigenvalue weighted by Gasteiger charge is 2.20. The molecule has 0 aromatic heterocycles.